The van der Waals surface area contributed by atoms with E-state index < -0.39 is 0 Å². The Morgan fingerprint density at radius 1 is 1.10 bits per heavy atom. The Hall–Kier alpha value is -1.35. The molecule has 2 rings (SSSR count). The first-order chi connectivity index (χ1) is 9.65. The van der Waals surface area contributed by atoms with Crippen LogP contribution in [0.1, 0.15) is 40.0 Å². The Labute approximate surface area is 126 Å². The number of nitrogens with zero attached hydrogens (tertiary/aromatic N) is 3. The van der Waals surface area contributed by atoms with Crippen LogP contribution in [-0.2, 0) is 0 Å². The average molecular weight is 292 g/mol. The molecule has 4 heteroatoms. The van der Waals surface area contributed by atoms with Gasteiger partial charge in [-0.15, -0.1) is 10.2 Å². The molecule has 0 unspecified atom stereocenters. The summed E-state index contributed by atoms with van der Waals surface area (Å²) >= 11 is 6.15. The number of fused-ring (bicyclic) bond motifs is 1. The first kappa shape index (κ1) is 15.0. The van der Waals surface area contributed by atoms with Crippen molar-refractivity contribution in [2.75, 3.05) is 11.4 Å². The minimum Gasteiger partial charge on any atom is -0.352 e. The maximum Gasteiger partial charge on any atom is 0.159 e. The van der Waals surface area contributed by atoms with Crippen molar-refractivity contribution in [1.29, 1.82) is 0 Å². The normalized spacial score (nSPS) is 11.2. The summed E-state index contributed by atoms with van der Waals surface area (Å²) in [6, 6.07) is 8.47. The molecule has 0 atom stereocenters. The molecule has 108 valence electrons. The first-order valence-corrected chi connectivity index (χ1v) is 7.70. The Morgan fingerprint density at radius 2 is 1.80 bits per heavy atom. The van der Waals surface area contributed by atoms with Gasteiger partial charge in [-0.1, -0.05) is 55.6 Å². The maximum atomic E-state index is 6.15. The van der Waals surface area contributed by atoms with Gasteiger partial charge in [0, 0.05) is 23.4 Å². The minimum absolute atomic E-state index is 0.394. The minimum atomic E-state index is 0.394. The molecular formula is C16H22ClN3. The predicted molar refractivity (Wildman–Crippen MR) is 86.6 cm³/mol. The molecule has 1 aromatic carbocycles. The number of unbranched alkanes of at least 4 members (excludes halogenated alkanes) is 2. The van der Waals surface area contributed by atoms with Gasteiger partial charge in [0.1, 0.15) is 0 Å². The van der Waals surface area contributed by atoms with E-state index in [1.807, 2.05) is 18.2 Å². The summed E-state index contributed by atoms with van der Waals surface area (Å²) in [5.74, 6) is 0.941. The highest BCUT2D eigenvalue weighted by Crippen LogP contribution is 2.29. The fourth-order valence-electron chi connectivity index (χ4n) is 2.41. The molecule has 0 saturated heterocycles. The lowest BCUT2D eigenvalue weighted by Crippen LogP contribution is -2.33. The summed E-state index contributed by atoms with van der Waals surface area (Å²) in [6.07, 6.45) is 3.63. The molecular weight excluding hydrogens is 270 g/mol. The van der Waals surface area contributed by atoms with Crippen molar-refractivity contribution in [3.63, 3.8) is 0 Å². The van der Waals surface area contributed by atoms with Crippen molar-refractivity contribution >= 4 is 28.2 Å². The fourth-order valence-corrected chi connectivity index (χ4v) is 2.61. The molecule has 0 saturated carbocycles. The second-order valence-corrected chi connectivity index (χ2v) is 5.71. The molecule has 3 nitrogen and oxygen atoms in total. The summed E-state index contributed by atoms with van der Waals surface area (Å²) in [5.41, 5.74) is 0. The number of aromatic nitrogens is 2. The summed E-state index contributed by atoms with van der Waals surface area (Å²) in [6.45, 7) is 7.61. The van der Waals surface area contributed by atoms with Gasteiger partial charge >= 0.3 is 0 Å². The van der Waals surface area contributed by atoms with Crippen LogP contribution < -0.4 is 4.90 Å². The smallest absolute Gasteiger partial charge is 0.159 e. The van der Waals surface area contributed by atoms with Crippen LogP contribution in [0, 0.1) is 0 Å². The van der Waals surface area contributed by atoms with E-state index in [4.69, 9.17) is 11.6 Å². The van der Waals surface area contributed by atoms with Gasteiger partial charge in [0.05, 0.1) is 0 Å². The van der Waals surface area contributed by atoms with Crippen molar-refractivity contribution < 1.29 is 0 Å². The van der Waals surface area contributed by atoms with Gasteiger partial charge in [-0.25, -0.2) is 0 Å². The van der Waals surface area contributed by atoms with E-state index in [0.717, 1.165) is 23.1 Å². The van der Waals surface area contributed by atoms with Crippen molar-refractivity contribution in [3.8, 4) is 0 Å². The lowest BCUT2D eigenvalue weighted by atomic mass is 10.1. The Bertz CT molecular complexity index is 569. The summed E-state index contributed by atoms with van der Waals surface area (Å²) in [5, 5.41) is 11.0. The highest BCUT2D eigenvalue weighted by atomic mass is 35.5. The molecule has 1 aromatic heterocycles. The number of anilines is 1. The molecule has 0 fully saturated rings. The van der Waals surface area contributed by atoms with E-state index in [9.17, 15) is 0 Å². The van der Waals surface area contributed by atoms with Crippen LogP contribution in [-0.4, -0.2) is 22.8 Å². The monoisotopic (exact) mass is 291 g/mol. The molecule has 0 amide bonds. The van der Waals surface area contributed by atoms with Crippen LogP contribution in [0.25, 0.3) is 10.8 Å². The van der Waals surface area contributed by atoms with Gasteiger partial charge in [0.25, 0.3) is 0 Å². The third kappa shape index (κ3) is 3.21. The second-order valence-electron chi connectivity index (χ2n) is 5.35. The Morgan fingerprint density at radius 3 is 2.45 bits per heavy atom. The fraction of sp³-hybridized carbons (Fsp3) is 0.500. The average Bonchev–Trinajstić information content (AvgIpc) is 2.45. The van der Waals surface area contributed by atoms with Crippen LogP contribution in [0.5, 0.6) is 0 Å². The zero-order valence-electron chi connectivity index (χ0n) is 12.4. The molecule has 0 spiro atoms. The van der Waals surface area contributed by atoms with Gasteiger partial charge in [-0.3, -0.25) is 0 Å². The van der Waals surface area contributed by atoms with E-state index in [1.54, 1.807) is 0 Å². The Kier molecular flexibility index (Phi) is 5.18. The third-order valence-corrected chi connectivity index (χ3v) is 3.80. The zero-order chi connectivity index (χ0) is 14.5. The molecule has 0 N–H and O–H groups in total. The van der Waals surface area contributed by atoms with Crippen molar-refractivity contribution in [3.05, 3.63) is 29.4 Å². The van der Waals surface area contributed by atoms with Crippen molar-refractivity contribution in [2.24, 2.45) is 0 Å². The second kappa shape index (κ2) is 6.89. The van der Waals surface area contributed by atoms with Gasteiger partial charge < -0.3 is 4.90 Å². The molecule has 1 heterocycles. The van der Waals surface area contributed by atoms with Crippen LogP contribution in [0.3, 0.4) is 0 Å². The molecule has 0 aliphatic carbocycles. The van der Waals surface area contributed by atoms with E-state index in [1.165, 1.54) is 19.3 Å². The highest BCUT2D eigenvalue weighted by molar-refractivity contribution is 6.34. The molecule has 0 radical (unpaired) electrons. The summed E-state index contributed by atoms with van der Waals surface area (Å²) in [7, 11) is 0. The molecule has 20 heavy (non-hydrogen) atoms. The maximum absolute atomic E-state index is 6.15. The van der Waals surface area contributed by atoms with Crippen LogP contribution in [0.15, 0.2) is 24.3 Å². The van der Waals surface area contributed by atoms with Crippen molar-refractivity contribution in [2.45, 2.75) is 46.1 Å². The van der Waals surface area contributed by atoms with Gasteiger partial charge in [-0.2, -0.15) is 0 Å². The van der Waals surface area contributed by atoms with E-state index in [-0.39, 0.29) is 0 Å². The van der Waals surface area contributed by atoms with E-state index >= 15 is 0 Å². The number of benzene rings is 1. The Balaban J connectivity index is 2.40. The van der Waals surface area contributed by atoms with Gasteiger partial charge in [-0.05, 0) is 20.3 Å². The number of halogens is 1. The summed E-state index contributed by atoms with van der Waals surface area (Å²) < 4.78 is 0. The lowest BCUT2D eigenvalue weighted by molar-refractivity contribution is 0.618. The lowest BCUT2D eigenvalue weighted by Gasteiger charge is -2.28. The molecule has 0 aliphatic heterocycles. The molecule has 2 aromatic rings. The van der Waals surface area contributed by atoms with Crippen LogP contribution >= 0.6 is 11.6 Å². The largest absolute Gasteiger partial charge is 0.352 e. The van der Waals surface area contributed by atoms with Crippen LogP contribution in [0.4, 0.5) is 5.82 Å². The third-order valence-electron chi connectivity index (χ3n) is 3.52. The van der Waals surface area contributed by atoms with Gasteiger partial charge in [0.2, 0.25) is 0 Å². The predicted octanol–water partition coefficient (Wildman–Crippen LogP) is 4.69. The highest BCUT2D eigenvalue weighted by Gasteiger charge is 2.16. The molecule has 0 bridgehead atoms. The quantitative estimate of drug-likeness (QED) is 0.723. The van der Waals surface area contributed by atoms with E-state index in [2.05, 4.69) is 41.9 Å². The van der Waals surface area contributed by atoms with E-state index in [0.29, 0.717) is 11.2 Å². The topological polar surface area (TPSA) is 29.0 Å². The number of hydrogen-bond donors (Lipinski definition) is 0. The SMILES string of the molecule is CCCCCN(c1nnc(Cl)c2ccccc12)C(C)C. The molecule has 0 aliphatic rings. The van der Waals surface area contributed by atoms with Gasteiger partial charge in [0.15, 0.2) is 11.0 Å². The number of hydrogen-bond acceptors (Lipinski definition) is 3. The zero-order valence-corrected chi connectivity index (χ0v) is 13.2. The van der Waals surface area contributed by atoms with Crippen LogP contribution in [0.2, 0.25) is 5.15 Å². The first-order valence-electron chi connectivity index (χ1n) is 7.32. The number of rotatable bonds is 6. The summed E-state index contributed by atoms with van der Waals surface area (Å²) in [4.78, 5) is 2.32. The van der Waals surface area contributed by atoms with Crippen molar-refractivity contribution in [1.82, 2.24) is 10.2 Å². The standard InChI is InChI=1S/C16H22ClN3/c1-4-5-8-11-20(12(2)3)16-14-10-7-6-9-13(14)15(17)18-19-16/h6-7,9-10,12H,4-5,8,11H2,1-3H3.